The van der Waals surface area contributed by atoms with Crippen molar-refractivity contribution in [2.24, 2.45) is 5.92 Å². The second kappa shape index (κ2) is 7.42. The van der Waals surface area contributed by atoms with Crippen molar-refractivity contribution in [3.63, 3.8) is 0 Å². The van der Waals surface area contributed by atoms with Crippen LogP contribution >= 0.6 is 0 Å². The van der Waals surface area contributed by atoms with Crippen molar-refractivity contribution in [3.05, 3.63) is 17.5 Å². The van der Waals surface area contributed by atoms with Crippen molar-refractivity contribution < 1.29 is 14.3 Å². The van der Waals surface area contributed by atoms with Crippen molar-refractivity contribution in [1.29, 1.82) is 0 Å². The lowest BCUT2D eigenvalue weighted by Crippen LogP contribution is -2.43. The fourth-order valence-corrected chi connectivity index (χ4v) is 3.13. The Labute approximate surface area is 131 Å². The number of nitrogens with one attached hydrogen (secondary N) is 1. The molecule has 122 valence electrons. The summed E-state index contributed by atoms with van der Waals surface area (Å²) in [5.41, 5.74) is 1.37. The molecule has 6 heteroatoms. The fourth-order valence-electron chi connectivity index (χ4n) is 3.13. The average molecular weight is 307 g/mol. The first kappa shape index (κ1) is 16.5. The number of aromatic nitrogens is 2. The van der Waals surface area contributed by atoms with Gasteiger partial charge in [0.05, 0.1) is 18.7 Å². The van der Waals surface area contributed by atoms with Crippen LogP contribution in [-0.4, -0.2) is 34.8 Å². The molecule has 0 saturated heterocycles. The first-order valence-corrected chi connectivity index (χ1v) is 8.00. The first-order valence-electron chi connectivity index (χ1n) is 8.00. The molecule has 2 rings (SSSR count). The number of hydrogen-bond acceptors (Lipinski definition) is 4. The molecule has 1 aliphatic carbocycles. The standard InChI is InChI=1S/C16H25N3O3/c1-4-19-14(10-11(2)18-19)15(20)17-13-9-7-5-6-8-12(13)16(21)22-3/h10,12-13H,4-9H2,1-3H3,(H,17,20)/t12-,13-/m1/s1. The van der Waals surface area contributed by atoms with E-state index in [2.05, 4.69) is 10.4 Å². The highest BCUT2D eigenvalue weighted by atomic mass is 16.5. The highest BCUT2D eigenvalue weighted by Crippen LogP contribution is 2.25. The van der Waals surface area contributed by atoms with Crippen molar-refractivity contribution in [2.45, 2.75) is 58.5 Å². The molecule has 1 aliphatic rings. The third kappa shape index (κ3) is 3.67. The number of esters is 1. The van der Waals surface area contributed by atoms with Crippen molar-refractivity contribution in [3.8, 4) is 0 Å². The summed E-state index contributed by atoms with van der Waals surface area (Å²) in [4.78, 5) is 24.5. The third-order valence-electron chi connectivity index (χ3n) is 4.27. The number of carbonyl (C=O) groups is 2. The molecule has 2 atom stereocenters. The molecule has 0 spiro atoms. The van der Waals surface area contributed by atoms with Crippen LogP contribution in [0.15, 0.2) is 6.07 Å². The molecule has 1 amide bonds. The summed E-state index contributed by atoms with van der Waals surface area (Å²) < 4.78 is 6.59. The van der Waals surface area contributed by atoms with Crippen LogP contribution in [0.4, 0.5) is 0 Å². The SMILES string of the molecule is CCn1nc(C)cc1C(=O)N[C@@H]1CCCCC[C@H]1C(=O)OC. The van der Waals surface area contributed by atoms with Gasteiger partial charge in [-0.15, -0.1) is 0 Å². The Balaban J connectivity index is 2.14. The van der Waals surface area contributed by atoms with Gasteiger partial charge in [0.25, 0.3) is 5.91 Å². The van der Waals surface area contributed by atoms with Crippen molar-refractivity contribution >= 4 is 11.9 Å². The Morgan fingerprint density at radius 2 is 2.09 bits per heavy atom. The van der Waals surface area contributed by atoms with Gasteiger partial charge in [0.2, 0.25) is 0 Å². The minimum Gasteiger partial charge on any atom is -0.469 e. The molecule has 0 bridgehead atoms. The number of amides is 1. The van der Waals surface area contributed by atoms with Gasteiger partial charge in [-0.3, -0.25) is 14.3 Å². The minimum atomic E-state index is -0.254. The normalized spacial score (nSPS) is 22.0. The van der Waals surface area contributed by atoms with Gasteiger partial charge >= 0.3 is 5.97 Å². The van der Waals surface area contributed by atoms with Gasteiger partial charge in [-0.05, 0) is 32.8 Å². The number of methoxy groups -OCH3 is 1. The third-order valence-corrected chi connectivity index (χ3v) is 4.27. The molecular formula is C16H25N3O3. The summed E-state index contributed by atoms with van der Waals surface area (Å²) in [7, 11) is 1.40. The summed E-state index contributed by atoms with van der Waals surface area (Å²) in [6.45, 7) is 4.46. The number of hydrogen-bond donors (Lipinski definition) is 1. The lowest BCUT2D eigenvalue weighted by atomic mass is 9.94. The van der Waals surface area contributed by atoms with E-state index in [9.17, 15) is 9.59 Å². The molecular weight excluding hydrogens is 282 g/mol. The summed E-state index contributed by atoms with van der Waals surface area (Å²) in [5, 5.41) is 7.32. The Morgan fingerprint density at radius 3 is 2.77 bits per heavy atom. The van der Waals surface area contributed by atoms with E-state index in [1.165, 1.54) is 7.11 Å². The molecule has 0 aliphatic heterocycles. The van der Waals surface area contributed by atoms with E-state index < -0.39 is 0 Å². The second-order valence-corrected chi connectivity index (χ2v) is 5.83. The number of rotatable bonds is 4. The summed E-state index contributed by atoms with van der Waals surface area (Å²) in [5.74, 6) is -0.647. The quantitative estimate of drug-likeness (QED) is 0.682. The summed E-state index contributed by atoms with van der Waals surface area (Å²) in [6, 6.07) is 1.62. The van der Waals surface area contributed by atoms with Gasteiger partial charge in [-0.1, -0.05) is 19.3 Å². The van der Waals surface area contributed by atoms with Crippen LogP contribution in [0.3, 0.4) is 0 Å². The molecule has 1 aromatic heterocycles. The maximum Gasteiger partial charge on any atom is 0.310 e. The average Bonchev–Trinajstić information content (AvgIpc) is 2.75. The topological polar surface area (TPSA) is 73.2 Å². The Bertz CT molecular complexity index is 539. The summed E-state index contributed by atoms with van der Waals surface area (Å²) in [6.07, 6.45) is 4.68. The molecule has 22 heavy (non-hydrogen) atoms. The maximum absolute atomic E-state index is 12.6. The fraction of sp³-hybridized carbons (Fsp3) is 0.688. The van der Waals surface area contributed by atoms with Crippen molar-refractivity contribution in [2.75, 3.05) is 7.11 Å². The molecule has 0 radical (unpaired) electrons. The number of aryl methyl sites for hydroxylation is 2. The highest BCUT2D eigenvalue weighted by Gasteiger charge is 2.32. The largest absolute Gasteiger partial charge is 0.469 e. The highest BCUT2D eigenvalue weighted by molar-refractivity contribution is 5.93. The molecule has 1 heterocycles. The number of ether oxygens (including phenoxy) is 1. The van der Waals surface area contributed by atoms with Crippen LogP contribution in [0.2, 0.25) is 0 Å². The molecule has 1 N–H and O–H groups in total. The number of carbonyl (C=O) groups excluding carboxylic acids is 2. The lowest BCUT2D eigenvalue weighted by Gasteiger charge is -2.24. The van der Waals surface area contributed by atoms with E-state index in [1.807, 2.05) is 13.8 Å². The van der Waals surface area contributed by atoms with Gasteiger partial charge < -0.3 is 10.1 Å². The van der Waals surface area contributed by atoms with Gasteiger partial charge in [0, 0.05) is 12.6 Å². The van der Waals surface area contributed by atoms with E-state index in [-0.39, 0.29) is 23.8 Å². The Kier molecular flexibility index (Phi) is 5.57. The first-order chi connectivity index (χ1) is 10.6. The minimum absolute atomic E-state index is 0.164. The smallest absolute Gasteiger partial charge is 0.310 e. The van der Waals surface area contributed by atoms with E-state index in [0.717, 1.165) is 37.8 Å². The number of nitrogens with zero attached hydrogens (tertiary/aromatic N) is 2. The van der Waals surface area contributed by atoms with Crippen LogP contribution in [0.1, 0.15) is 55.2 Å². The van der Waals surface area contributed by atoms with Crippen LogP contribution in [0, 0.1) is 12.8 Å². The molecule has 6 nitrogen and oxygen atoms in total. The van der Waals surface area contributed by atoms with Gasteiger partial charge in [-0.25, -0.2) is 0 Å². The van der Waals surface area contributed by atoms with Gasteiger partial charge in [0.15, 0.2) is 0 Å². The van der Waals surface area contributed by atoms with E-state index in [4.69, 9.17) is 4.74 Å². The van der Waals surface area contributed by atoms with Gasteiger partial charge in [-0.2, -0.15) is 5.10 Å². The van der Waals surface area contributed by atoms with Crippen LogP contribution in [0.25, 0.3) is 0 Å². The van der Waals surface area contributed by atoms with E-state index in [0.29, 0.717) is 12.2 Å². The summed E-state index contributed by atoms with van der Waals surface area (Å²) >= 11 is 0. The van der Waals surface area contributed by atoms with Crippen LogP contribution < -0.4 is 5.32 Å². The predicted molar refractivity (Wildman–Crippen MR) is 82.5 cm³/mol. The molecule has 1 fully saturated rings. The van der Waals surface area contributed by atoms with Gasteiger partial charge in [0.1, 0.15) is 5.69 Å². The second-order valence-electron chi connectivity index (χ2n) is 5.83. The lowest BCUT2D eigenvalue weighted by molar-refractivity contribution is -0.146. The molecule has 0 aromatic carbocycles. The zero-order valence-corrected chi connectivity index (χ0v) is 13.6. The van der Waals surface area contributed by atoms with Crippen molar-refractivity contribution in [1.82, 2.24) is 15.1 Å². The Hall–Kier alpha value is -1.85. The van der Waals surface area contributed by atoms with Crippen LogP contribution in [0.5, 0.6) is 0 Å². The monoisotopic (exact) mass is 307 g/mol. The Morgan fingerprint density at radius 1 is 1.36 bits per heavy atom. The molecule has 1 aromatic rings. The molecule has 1 saturated carbocycles. The van der Waals surface area contributed by atoms with Crippen LogP contribution in [-0.2, 0) is 16.1 Å². The maximum atomic E-state index is 12.6. The molecule has 0 unspecified atom stereocenters. The zero-order valence-electron chi connectivity index (χ0n) is 13.6. The van der Waals surface area contributed by atoms with E-state index >= 15 is 0 Å². The van der Waals surface area contributed by atoms with E-state index in [1.54, 1.807) is 10.7 Å². The zero-order chi connectivity index (χ0) is 16.1. The predicted octanol–water partition coefficient (Wildman–Crippen LogP) is 2.06.